The molecule has 1 aliphatic carbocycles. The summed E-state index contributed by atoms with van der Waals surface area (Å²) in [5, 5.41) is 6.14. The van der Waals surface area contributed by atoms with E-state index in [0.717, 1.165) is 36.1 Å². The van der Waals surface area contributed by atoms with Gasteiger partial charge in [0.15, 0.2) is 0 Å². The maximum Gasteiger partial charge on any atom is 0.272 e. The van der Waals surface area contributed by atoms with Crippen molar-refractivity contribution < 1.29 is 4.79 Å². The lowest BCUT2D eigenvalue weighted by atomic mass is 9.72. The maximum absolute atomic E-state index is 12.5. The van der Waals surface area contributed by atoms with Crippen molar-refractivity contribution in [3.05, 3.63) is 43.3 Å². The van der Waals surface area contributed by atoms with Crippen molar-refractivity contribution in [3.8, 4) is 0 Å². The van der Waals surface area contributed by atoms with Gasteiger partial charge in [0.1, 0.15) is 0 Å². The quantitative estimate of drug-likeness (QED) is 0.573. The van der Waals surface area contributed by atoms with Crippen LogP contribution in [-0.2, 0) is 19.3 Å². The molecule has 1 N–H and O–H groups in total. The Morgan fingerprint density at radius 3 is 2.88 bits per heavy atom. The zero-order valence-corrected chi connectivity index (χ0v) is 17.0. The van der Waals surface area contributed by atoms with Gasteiger partial charge in [-0.3, -0.25) is 4.79 Å². The summed E-state index contributed by atoms with van der Waals surface area (Å²) >= 11 is 3.43. The molecule has 2 heterocycles. The first-order valence-corrected chi connectivity index (χ1v) is 10.6. The molecule has 0 saturated heterocycles. The van der Waals surface area contributed by atoms with Crippen molar-refractivity contribution in [2.45, 2.75) is 53.4 Å². The highest BCUT2D eigenvalue weighted by Gasteiger charge is 2.31. The number of thiophene rings is 2. The number of nitrogens with zero attached hydrogens (tertiary/aromatic N) is 1. The van der Waals surface area contributed by atoms with Crippen molar-refractivity contribution in [1.29, 1.82) is 0 Å². The first-order chi connectivity index (χ1) is 11.9. The summed E-state index contributed by atoms with van der Waals surface area (Å²) in [7, 11) is 0. The molecule has 2 aromatic rings. The fourth-order valence-electron chi connectivity index (χ4n) is 3.31. The van der Waals surface area contributed by atoms with Crippen LogP contribution in [0.4, 0.5) is 0 Å². The second kappa shape index (κ2) is 7.42. The number of hydrogen-bond acceptors (Lipinski definition) is 4. The molecular formula is C20H26N2OS2. The Bertz CT molecular complexity index is 780. The zero-order valence-electron chi connectivity index (χ0n) is 15.4. The van der Waals surface area contributed by atoms with Crippen molar-refractivity contribution in [3.63, 3.8) is 0 Å². The van der Waals surface area contributed by atoms with Crippen molar-refractivity contribution in [1.82, 2.24) is 5.43 Å². The van der Waals surface area contributed by atoms with Gasteiger partial charge in [0.25, 0.3) is 5.91 Å². The molecule has 1 atom stereocenters. The molecule has 0 saturated carbocycles. The average Bonchev–Trinajstić information content (AvgIpc) is 3.19. The van der Waals surface area contributed by atoms with Crippen LogP contribution in [0.1, 0.15) is 64.7 Å². The van der Waals surface area contributed by atoms with Crippen LogP contribution in [0.3, 0.4) is 0 Å². The predicted octanol–water partition coefficient (Wildman–Crippen LogP) is 5.29. The highest BCUT2D eigenvalue weighted by Crippen LogP contribution is 2.40. The van der Waals surface area contributed by atoms with E-state index < -0.39 is 0 Å². The van der Waals surface area contributed by atoms with E-state index in [1.807, 2.05) is 11.4 Å². The van der Waals surface area contributed by atoms with E-state index in [2.05, 4.69) is 44.3 Å². The van der Waals surface area contributed by atoms with Gasteiger partial charge in [-0.1, -0.05) is 27.7 Å². The number of carbonyl (C=O) groups is 1. The summed E-state index contributed by atoms with van der Waals surface area (Å²) in [5.41, 5.74) is 5.07. The number of fused-ring (bicyclic) bond motifs is 1. The molecule has 0 spiro atoms. The van der Waals surface area contributed by atoms with Crippen LogP contribution >= 0.6 is 22.7 Å². The summed E-state index contributed by atoms with van der Waals surface area (Å²) < 4.78 is 0. The van der Waals surface area contributed by atoms with Crippen LogP contribution in [0.15, 0.2) is 22.6 Å². The summed E-state index contributed by atoms with van der Waals surface area (Å²) in [6.07, 6.45) is 6.01. The van der Waals surface area contributed by atoms with Crippen molar-refractivity contribution in [2.24, 2.45) is 16.4 Å². The highest BCUT2D eigenvalue weighted by molar-refractivity contribution is 7.13. The van der Waals surface area contributed by atoms with Crippen LogP contribution in [0.5, 0.6) is 0 Å². The summed E-state index contributed by atoms with van der Waals surface area (Å²) in [5.74, 6) is 0.606. The third-order valence-corrected chi connectivity index (χ3v) is 7.23. The number of hydrogen-bond donors (Lipinski definition) is 1. The van der Waals surface area contributed by atoms with Crippen LogP contribution in [0, 0.1) is 11.3 Å². The minimum absolute atomic E-state index is 0.0878. The van der Waals surface area contributed by atoms with Crippen LogP contribution < -0.4 is 5.43 Å². The number of amides is 1. The molecule has 1 unspecified atom stereocenters. The normalized spacial score (nSPS) is 17.7. The van der Waals surface area contributed by atoms with Gasteiger partial charge in [0, 0.05) is 20.0 Å². The standard InChI is InChI=1S/C20H26N2OS2/c1-5-14-7-8-15(25-14)11-21-22-19(23)17-12-24-18-10-13(20(2,3)4)6-9-16(17)18/h7-8,11-13H,5-6,9-10H2,1-4H3,(H,22,23)/b21-11-. The molecule has 1 amide bonds. The monoisotopic (exact) mass is 374 g/mol. The molecule has 0 aromatic carbocycles. The molecule has 3 rings (SSSR count). The van der Waals surface area contributed by atoms with Gasteiger partial charge in [0.05, 0.1) is 11.8 Å². The van der Waals surface area contributed by atoms with Gasteiger partial charge >= 0.3 is 0 Å². The Morgan fingerprint density at radius 2 is 2.20 bits per heavy atom. The van der Waals surface area contributed by atoms with Gasteiger partial charge in [-0.25, -0.2) is 5.43 Å². The molecule has 0 bridgehead atoms. The average molecular weight is 375 g/mol. The van der Waals surface area contributed by atoms with Crippen LogP contribution in [0.2, 0.25) is 0 Å². The van der Waals surface area contributed by atoms with Crippen LogP contribution in [-0.4, -0.2) is 12.1 Å². The Labute approximate surface area is 158 Å². The number of rotatable bonds is 4. The Hall–Kier alpha value is -1.46. The van der Waals surface area contributed by atoms with Gasteiger partial charge < -0.3 is 0 Å². The molecule has 0 fully saturated rings. The largest absolute Gasteiger partial charge is 0.272 e. The number of carbonyl (C=O) groups excluding carboxylic acids is 1. The molecule has 0 radical (unpaired) electrons. The van der Waals surface area contributed by atoms with Gasteiger partial charge in [0.2, 0.25) is 0 Å². The van der Waals surface area contributed by atoms with Gasteiger partial charge in [-0.15, -0.1) is 22.7 Å². The maximum atomic E-state index is 12.5. The SMILES string of the molecule is CCc1ccc(/C=N\NC(=O)c2csc3c2CCC(C(C)(C)C)C3)s1. The van der Waals surface area contributed by atoms with E-state index >= 15 is 0 Å². The summed E-state index contributed by atoms with van der Waals surface area (Å²) in [6, 6.07) is 4.15. The van der Waals surface area contributed by atoms with E-state index in [9.17, 15) is 4.79 Å². The van der Waals surface area contributed by atoms with E-state index in [-0.39, 0.29) is 5.91 Å². The van der Waals surface area contributed by atoms with Gasteiger partial charge in [-0.05, 0) is 54.7 Å². The van der Waals surface area contributed by atoms with E-state index in [4.69, 9.17) is 0 Å². The van der Waals surface area contributed by atoms with E-state index in [0.29, 0.717) is 11.3 Å². The fraction of sp³-hybridized carbons (Fsp3) is 0.500. The Kier molecular flexibility index (Phi) is 5.44. The zero-order chi connectivity index (χ0) is 18.0. The Morgan fingerprint density at radius 1 is 1.40 bits per heavy atom. The fourth-order valence-corrected chi connectivity index (χ4v) is 5.30. The molecule has 3 nitrogen and oxygen atoms in total. The van der Waals surface area contributed by atoms with Crippen LogP contribution in [0.25, 0.3) is 0 Å². The minimum Gasteiger partial charge on any atom is -0.267 e. The number of hydrazone groups is 1. The molecule has 25 heavy (non-hydrogen) atoms. The molecule has 0 aliphatic heterocycles. The van der Waals surface area contributed by atoms with E-state index in [1.54, 1.807) is 28.9 Å². The molecule has 134 valence electrons. The molecular weight excluding hydrogens is 348 g/mol. The second-order valence-corrected chi connectivity index (χ2v) is 9.88. The second-order valence-electron chi connectivity index (χ2n) is 7.71. The predicted molar refractivity (Wildman–Crippen MR) is 108 cm³/mol. The summed E-state index contributed by atoms with van der Waals surface area (Å²) in [6.45, 7) is 9.08. The third kappa shape index (κ3) is 4.21. The smallest absolute Gasteiger partial charge is 0.267 e. The topological polar surface area (TPSA) is 41.5 Å². The first-order valence-electron chi connectivity index (χ1n) is 8.89. The molecule has 5 heteroatoms. The molecule has 1 aliphatic rings. The molecule has 2 aromatic heterocycles. The van der Waals surface area contributed by atoms with Crippen molar-refractivity contribution >= 4 is 34.8 Å². The lowest BCUT2D eigenvalue weighted by Gasteiger charge is -2.33. The lowest BCUT2D eigenvalue weighted by molar-refractivity contribution is 0.0954. The number of aryl methyl sites for hydroxylation is 1. The number of nitrogens with one attached hydrogen (secondary N) is 1. The van der Waals surface area contributed by atoms with E-state index in [1.165, 1.54) is 15.3 Å². The first kappa shape index (κ1) is 18.3. The summed E-state index contributed by atoms with van der Waals surface area (Å²) in [4.78, 5) is 16.3. The van der Waals surface area contributed by atoms with Crippen molar-refractivity contribution in [2.75, 3.05) is 0 Å². The Balaban J connectivity index is 1.65. The highest BCUT2D eigenvalue weighted by atomic mass is 32.1. The minimum atomic E-state index is -0.0878. The van der Waals surface area contributed by atoms with Gasteiger partial charge in [-0.2, -0.15) is 5.10 Å². The lowest BCUT2D eigenvalue weighted by Crippen LogP contribution is -2.27. The third-order valence-electron chi connectivity index (χ3n) is 5.01.